The van der Waals surface area contributed by atoms with Crippen LogP contribution in [0.2, 0.25) is 5.15 Å². The fourth-order valence-corrected chi connectivity index (χ4v) is 3.97. The van der Waals surface area contributed by atoms with E-state index in [1.807, 2.05) is 11.8 Å². The molecular formula is C20H20ClFN6O4S. The second-order valence-electron chi connectivity index (χ2n) is 7.79. The van der Waals surface area contributed by atoms with Crippen LogP contribution >= 0.6 is 11.6 Å². The molecule has 174 valence electrons. The first kappa shape index (κ1) is 23.1. The van der Waals surface area contributed by atoms with Crippen LogP contribution in [0.15, 0.2) is 35.4 Å². The van der Waals surface area contributed by atoms with Gasteiger partial charge in [0.15, 0.2) is 5.82 Å². The van der Waals surface area contributed by atoms with Crippen molar-refractivity contribution in [3.63, 3.8) is 0 Å². The van der Waals surface area contributed by atoms with E-state index in [1.165, 1.54) is 0 Å². The van der Waals surface area contributed by atoms with E-state index in [2.05, 4.69) is 24.9 Å². The number of hydrogen-bond donors (Lipinski definition) is 3. The molecule has 10 nitrogen and oxygen atoms in total. The number of nitrogens with one attached hydrogen (secondary N) is 2. The highest BCUT2D eigenvalue weighted by atomic mass is 35.5. The van der Waals surface area contributed by atoms with Gasteiger partial charge in [-0.15, -0.1) is 0 Å². The van der Waals surface area contributed by atoms with Gasteiger partial charge in [0.05, 0.1) is 29.4 Å². The maximum atomic E-state index is 13.9. The zero-order chi connectivity index (χ0) is 23.9. The van der Waals surface area contributed by atoms with Crippen LogP contribution in [0.25, 0.3) is 33.3 Å². The number of imidazole rings is 1. The summed E-state index contributed by atoms with van der Waals surface area (Å²) in [6.45, 7) is 2.19. The molecule has 5 rings (SSSR count). The minimum atomic E-state index is -3.67. The van der Waals surface area contributed by atoms with Gasteiger partial charge < -0.3 is 14.9 Å². The van der Waals surface area contributed by atoms with Gasteiger partial charge in [0.25, 0.3) is 15.7 Å². The SMILES string of the molecule is CS(=O)(=O)O.C[C@@H]1C[C@@H](F)CN1c1nc(Cl)cc2[nH]c(-c3cc4cnccc4[nH]c3=O)nc12. The monoisotopic (exact) mass is 494 g/mol. The number of alkyl halides is 1. The lowest BCUT2D eigenvalue weighted by molar-refractivity contribution is 0.358. The zero-order valence-electron chi connectivity index (χ0n) is 17.6. The number of fused-ring (bicyclic) bond motifs is 2. The fourth-order valence-electron chi connectivity index (χ4n) is 3.78. The van der Waals surface area contributed by atoms with E-state index in [0.29, 0.717) is 46.4 Å². The Morgan fingerprint density at radius 2 is 1.97 bits per heavy atom. The maximum Gasteiger partial charge on any atom is 0.261 e. The van der Waals surface area contributed by atoms with Crippen LogP contribution in [-0.2, 0) is 10.1 Å². The molecule has 0 unspecified atom stereocenters. The van der Waals surface area contributed by atoms with E-state index in [4.69, 9.17) is 16.2 Å². The first-order chi connectivity index (χ1) is 15.5. The van der Waals surface area contributed by atoms with Gasteiger partial charge in [0, 0.05) is 36.3 Å². The van der Waals surface area contributed by atoms with Gasteiger partial charge in [-0.25, -0.2) is 14.4 Å². The number of rotatable bonds is 2. The van der Waals surface area contributed by atoms with Crippen molar-refractivity contribution in [3.05, 3.63) is 46.1 Å². The standard InChI is InChI=1S/C19H16ClFN6O.CH4O3S/c1-9-4-11(21)8-27(9)18-16-14(6-15(20)25-18)23-17(26-16)12-5-10-7-22-3-2-13(10)24-19(12)28;1-5(2,3)4/h2-3,5-7,9,11H,4,8H2,1H3,(H,23,26)(H,24,28);1H3,(H,2,3,4)/t9-,11-;/m1./s1. The van der Waals surface area contributed by atoms with Crippen molar-refractivity contribution in [2.75, 3.05) is 17.7 Å². The first-order valence-electron chi connectivity index (χ1n) is 9.86. The highest BCUT2D eigenvalue weighted by Crippen LogP contribution is 2.33. The molecule has 1 aliphatic rings. The number of H-pyrrole nitrogens is 2. The Labute approximate surface area is 192 Å². The van der Waals surface area contributed by atoms with Crippen molar-refractivity contribution < 1.29 is 17.4 Å². The Morgan fingerprint density at radius 1 is 1.24 bits per heavy atom. The smallest absolute Gasteiger partial charge is 0.261 e. The summed E-state index contributed by atoms with van der Waals surface area (Å²) in [5.41, 5.74) is 2.02. The van der Waals surface area contributed by atoms with Crippen LogP contribution in [0.1, 0.15) is 13.3 Å². The predicted molar refractivity (Wildman–Crippen MR) is 124 cm³/mol. The first-order valence-corrected chi connectivity index (χ1v) is 12.1. The minimum absolute atomic E-state index is 0.0144. The summed E-state index contributed by atoms with van der Waals surface area (Å²) in [7, 11) is -3.67. The average Bonchev–Trinajstić information content (AvgIpc) is 3.27. The van der Waals surface area contributed by atoms with Gasteiger partial charge in [-0.3, -0.25) is 14.3 Å². The van der Waals surface area contributed by atoms with Crippen LogP contribution < -0.4 is 10.5 Å². The van der Waals surface area contributed by atoms with Crippen LogP contribution in [0.3, 0.4) is 0 Å². The normalized spacial score (nSPS) is 18.5. The number of anilines is 1. The maximum absolute atomic E-state index is 13.9. The molecule has 1 saturated heterocycles. The third-order valence-electron chi connectivity index (χ3n) is 5.12. The molecular weight excluding hydrogens is 475 g/mol. The number of hydrogen-bond acceptors (Lipinski definition) is 7. The number of pyridine rings is 3. The van der Waals surface area contributed by atoms with Crippen LogP contribution in [0.4, 0.5) is 10.2 Å². The molecule has 4 aromatic heterocycles. The molecule has 3 N–H and O–H groups in total. The largest absolute Gasteiger partial charge is 0.349 e. The topological polar surface area (TPSA) is 145 Å². The van der Waals surface area contributed by atoms with E-state index in [-0.39, 0.29) is 23.3 Å². The number of halogens is 2. The molecule has 5 heterocycles. The van der Waals surface area contributed by atoms with Gasteiger partial charge in [-0.1, -0.05) is 11.6 Å². The molecule has 1 fully saturated rings. The number of nitrogens with zero attached hydrogens (tertiary/aromatic N) is 4. The van der Waals surface area contributed by atoms with Crippen LogP contribution in [0, 0.1) is 0 Å². The molecule has 0 aromatic carbocycles. The summed E-state index contributed by atoms with van der Waals surface area (Å²) in [6.07, 6.45) is 3.53. The Balaban J connectivity index is 0.000000471. The van der Waals surface area contributed by atoms with E-state index in [0.717, 1.165) is 5.39 Å². The molecule has 4 aromatic rings. The molecule has 0 bridgehead atoms. The van der Waals surface area contributed by atoms with E-state index in [1.54, 1.807) is 30.6 Å². The molecule has 13 heteroatoms. The molecule has 0 aliphatic carbocycles. The summed E-state index contributed by atoms with van der Waals surface area (Å²) in [4.78, 5) is 33.5. The van der Waals surface area contributed by atoms with Gasteiger partial charge in [0.2, 0.25) is 0 Å². The summed E-state index contributed by atoms with van der Waals surface area (Å²) < 4.78 is 39.8. The Bertz CT molecular complexity index is 1500. The molecule has 0 saturated carbocycles. The van der Waals surface area contributed by atoms with Crippen LogP contribution in [-0.4, -0.2) is 62.9 Å². The second kappa shape index (κ2) is 8.69. The lowest BCUT2D eigenvalue weighted by atomic mass is 10.2. The molecule has 0 spiro atoms. The Hall–Kier alpha value is -3.09. The Kier molecular flexibility index (Phi) is 6.08. The van der Waals surface area contributed by atoms with Crippen molar-refractivity contribution in [3.8, 4) is 11.4 Å². The molecule has 0 radical (unpaired) electrons. The summed E-state index contributed by atoms with van der Waals surface area (Å²) in [5.74, 6) is 0.924. The molecule has 0 amide bonds. The van der Waals surface area contributed by atoms with Gasteiger partial charge in [-0.05, 0) is 19.1 Å². The predicted octanol–water partition coefficient (Wildman–Crippen LogP) is 2.96. The third-order valence-corrected chi connectivity index (χ3v) is 5.31. The second-order valence-corrected chi connectivity index (χ2v) is 9.65. The Morgan fingerprint density at radius 3 is 2.64 bits per heavy atom. The fraction of sp³-hybridized carbons (Fsp3) is 0.300. The highest BCUT2D eigenvalue weighted by molar-refractivity contribution is 7.85. The molecule has 2 atom stereocenters. The zero-order valence-corrected chi connectivity index (χ0v) is 19.2. The van der Waals surface area contributed by atoms with E-state index >= 15 is 0 Å². The molecule has 33 heavy (non-hydrogen) atoms. The minimum Gasteiger partial charge on any atom is -0.349 e. The van der Waals surface area contributed by atoms with E-state index in [9.17, 15) is 17.6 Å². The van der Waals surface area contributed by atoms with Crippen molar-refractivity contribution in [1.29, 1.82) is 0 Å². The van der Waals surface area contributed by atoms with Crippen molar-refractivity contribution in [1.82, 2.24) is 24.9 Å². The van der Waals surface area contributed by atoms with Crippen molar-refractivity contribution in [2.24, 2.45) is 0 Å². The van der Waals surface area contributed by atoms with Crippen molar-refractivity contribution in [2.45, 2.75) is 25.6 Å². The quantitative estimate of drug-likeness (QED) is 0.285. The third kappa shape index (κ3) is 5.13. The van der Waals surface area contributed by atoms with Crippen molar-refractivity contribution >= 4 is 49.5 Å². The van der Waals surface area contributed by atoms with Crippen LogP contribution in [0.5, 0.6) is 0 Å². The molecule has 1 aliphatic heterocycles. The average molecular weight is 495 g/mol. The summed E-state index contributed by atoms with van der Waals surface area (Å²) >= 11 is 6.20. The summed E-state index contributed by atoms with van der Waals surface area (Å²) in [5, 5.41) is 1.08. The number of aromatic nitrogens is 5. The lowest BCUT2D eigenvalue weighted by Crippen LogP contribution is -2.28. The summed E-state index contributed by atoms with van der Waals surface area (Å²) in [6, 6.07) is 5.12. The van der Waals surface area contributed by atoms with Gasteiger partial charge >= 0.3 is 0 Å². The van der Waals surface area contributed by atoms with Gasteiger partial charge in [-0.2, -0.15) is 8.42 Å². The highest BCUT2D eigenvalue weighted by Gasteiger charge is 2.32. The van der Waals surface area contributed by atoms with E-state index < -0.39 is 16.3 Å². The lowest BCUT2D eigenvalue weighted by Gasteiger charge is -2.22. The number of aromatic amines is 2. The van der Waals surface area contributed by atoms with Gasteiger partial charge in [0.1, 0.15) is 22.7 Å².